The molecule has 25 heavy (non-hydrogen) atoms. The van der Waals surface area contributed by atoms with Gasteiger partial charge >= 0.3 is 0 Å². The number of likely N-dealkylation sites (tertiary alicyclic amines) is 1. The Morgan fingerprint density at radius 2 is 2.16 bits per heavy atom. The Morgan fingerprint density at radius 3 is 2.76 bits per heavy atom. The summed E-state index contributed by atoms with van der Waals surface area (Å²) >= 11 is 0. The number of primary amides is 1. The molecule has 1 atom stereocenters. The smallest absolute Gasteiger partial charge is 0.269 e. The maximum atomic E-state index is 12.7. The number of aromatic nitrogens is 3. The molecular formula is C17H22N6O2. The van der Waals surface area contributed by atoms with Crippen LogP contribution in [0.15, 0.2) is 24.4 Å². The topological polar surface area (TPSA) is 108 Å². The third-order valence-corrected chi connectivity index (χ3v) is 4.45. The summed E-state index contributed by atoms with van der Waals surface area (Å²) in [7, 11) is 3.81. The number of nitrogens with one attached hydrogen (secondary N) is 1. The average molecular weight is 342 g/mol. The summed E-state index contributed by atoms with van der Waals surface area (Å²) in [5, 5.41) is 6.80. The highest BCUT2D eigenvalue weighted by Gasteiger charge is 2.27. The number of carbonyl (C=O) groups excluding carboxylic acids is 2. The van der Waals surface area contributed by atoms with Gasteiger partial charge in [0.2, 0.25) is 0 Å². The molecular weight excluding hydrogens is 320 g/mol. The van der Waals surface area contributed by atoms with Gasteiger partial charge in [-0.15, -0.1) is 0 Å². The van der Waals surface area contributed by atoms with Gasteiger partial charge in [0.1, 0.15) is 11.5 Å². The van der Waals surface area contributed by atoms with Gasteiger partial charge < -0.3 is 15.5 Å². The number of pyridine rings is 1. The third kappa shape index (κ3) is 3.62. The number of nitrogens with two attached hydrogens (primary N) is 1. The van der Waals surface area contributed by atoms with Crippen LogP contribution < -0.4 is 10.6 Å². The van der Waals surface area contributed by atoms with Gasteiger partial charge in [0, 0.05) is 45.0 Å². The maximum Gasteiger partial charge on any atom is 0.269 e. The van der Waals surface area contributed by atoms with Crippen molar-refractivity contribution in [2.24, 2.45) is 5.73 Å². The summed E-state index contributed by atoms with van der Waals surface area (Å²) in [4.78, 5) is 32.0. The third-order valence-electron chi connectivity index (χ3n) is 4.45. The van der Waals surface area contributed by atoms with Crippen LogP contribution in [0, 0.1) is 0 Å². The molecule has 2 amide bonds. The first-order valence-corrected chi connectivity index (χ1v) is 8.23. The van der Waals surface area contributed by atoms with Gasteiger partial charge in [0.15, 0.2) is 0 Å². The summed E-state index contributed by atoms with van der Waals surface area (Å²) in [6, 6.07) is 5.31. The van der Waals surface area contributed by atoms with Crippen molar-refractivity contribution in [2.75, 3.05) is 32.1 Å². The lowest BCUT2D eigenvalue weighted by atomic mass is 9.94. The largest absolute Gasteiger partial charge is 0.364 e. The molecule has 0 spiro atoms. The van der Waals surface area contributed by atoms with E-state index in [4.69, 9.17) is 5.73 Å². The van der Waals surface area contributed by atoms with Crippen LogP contribution in [0.1, 0.15) is 45.3 Å². The van der Waals surface area contributed by atoms with Crippen molar-refractivity contribution in [1.82, 2.24) is 20.1 Å². The Bertz CT molecular complexity index is 768. The highest BCUT2D eigenvalue weighted by molar-refractivity contribution is 5.94. The Morgan fingerprint density at radius 1 is 1.36 bits per heavy atom. The van der Waals surface area contributed by atoms with Crippen molar-refractivity contribution in [2.45, 2.75) is 18.8 Å². The average Bonchev–Trinajstić information content (AvgIpc) is 3.12. The van der Waals surface area contributed by atoms with Crippen molar-refractivity contribution in [3.8, 4) is 0 Å². The van der Waals surface area contributed by atoms with Gasteiger partial charge in [-0.2, -0.15) is 5.10 Å². The van der Waals surface area contributed by atoms with Crippen molar-refractivity contribution in [1.29, 1.82) is 0 Å². The molecule has 0 radical (unpaired) electrons. The van der Waals surface area contributed by atoms with Crippen molar-refractivity contribution in [3.63, 3.8) is 0 Å². The highest BCUT2D eigenvalue weighted by atomic mass is 16.2. The summed E-state index contributed by atoms with van der Waals surface area (Å²) in [5.41, 5.74) is 6.89. The van der Waals surface area contributed by atoms with Gasteiger partial charge in [-0.25, -0.2) is 4.98 Å². The Balaban J connectivity index is 1.71. The molecule has 1 aliphatic rings. The maximum absolute atomic E-state index is 12.7. The number of hydrogen-bond acceptors (Lipinski definition) is 5. The van der Waals surface area contributed by atoms with Crippen LogP contribution in [0.25, 0.3) is 0 Å². The predicted molar refractivity (Wildman–Crippen MR) is 93.5 cm³/mol. The minimum absolute atomic E-state index is 0.0304. The van der Waals surface area contributed by atoms with Crippen LogP contribution in [-0.2, 0) is 0 Å². The van der Waals surface area contributed by atoms with Crippen LogP contribution in [0.5, 0.6) is 0 Å². The fourth-order valence-electron chi connectivity index (χ4n) is 3.05. The monoisotopic (exact) mass is 342 g/mol. The highest BCUT2D eigenvalue weighted by Crippen LogP contribution is 2.27. The van der Waals surface area contributed by atoms with E-state index in [1.165, 1.54) is 0 Å². The molecule has 2 aromatic rings. The molecule has 0 saturated carbocycles. The number of anilines is 1. The van der Waals surface area contributed by atoms with Gasteiger partial charge in [-0.1, -0.05) is 0 Å². The number of nitrogens with zero attached hydrogens (tertiary/aromatic N) is 4. The molecule has 1 unspecified atom stereocenters. The predicted octanol–water partition coefficient (Wildman–Crippen LogP) is 0.989. The Hall–Kier alpha value is -2.90. The fourth-order valence-corrected chi connectivity index (χ4v) is 3.05. The Kier molecular flexibility index (Phi) is 4.69. The molecule has 132 valence electrons. The van der Waals surface area contributed by atoms with Crippen molar-refractivity contribution < 1.29 is 9.59 Å². The van der Waals surface area contributed by atoms with Crippen LogP contribution in [0.2, 0.25) is 0 Å². The number of carbonyl (C=O) groups is 2. The number of piperidine rings is 1. The Labute approximate surface area is 146 Å². The second kappa shape index (κ2) is 6.92. The zero-order valence-corrected chi connectivity index (χ0v) is 14.4. The minimum Gasteiger partial charge on any atom is -0.364 e. The molecule has 2 aromatic heterocycles. The first-order chi connectivity index (χ1) is 12.0. The quantitative estimate of drug-likeness (QED) is 0.861. The normalized spacial score (nSPS) is 17.4. The number of hydrogen-bond donors (Lipinski definition) is 2. The second-order valence-electron chi connectivity index (χ2n) is 6.46. The molecule has 8 heteroatoms. The molecule has 1 fully saturated rings. The number of amides is 2. The lowest BCUT2D eigenvalue weighted by Gasteiger charge is -2.32. The number of aromatic amines is 1. The lowest BCUT2D eigenvalue weighted by molar-refractivity contribution is 0.0705. The minimum atomic E-state index is -0.557. The van der Waals surface area contributed by atoms with Crippen LogP contribution in [0.3, 0.4) is 0 Å². The summed E-state index contributed by atoms with van der Waals surface area (Å²) in [5.74, 6) is 0.340. The molecule has 0 bridgehead atoms. The van der Waals surface area contributed by atoms with Crippen molar-refractivity contribution in [3.05, 3.63) is 41.3 Å². The molecule has 3 N–H and O–H groups in total. The molecule has 0 aliphatic carbocycles. The van der Waals surface area contributed by atoms with Gasteiger partial charge in [0.25, 0.3) is 11.8 Å². The molecule has 3 heterocycles. The van der Waals surface area contributed by atoms with E-state index in [-0.39, 0.29) is 17.5 Å². The van der Waals surface area contributed by atoms with Crippen LogP contribution in [0.4, 0.5) is 5.82 Å². The van der Waals surface area contributed by atoms with Crippen LogP contribution >= 0.6 is 0 Å². The zero-order chi connectivity index (χ0) is 18.0. The molecule has 1 aliphatic heterocycles. The first kappa shape index (κ1) is 16.9. The van der Waals surface area contributed by atoms with E-state index in [0.717, 1.165) is 24.4 Å². The van der Waals surface area contributed by atoms with Crippen LogP contribution in [-0.4, -0.2) is 59.1 Å². The van der Waals surface area contributed by atoms with E-state index in [9.17, 15) is 9.59 Å². The van der Waals surface area contributed by atoms with E-state index in [1.54, 1.807) is 18.3 Å². The fraction of sp³-hybridized carbons (Fsp3) is 0.412. The van der Waals surface area contributed by atoms with E-state index in [1.807, 2.05) is 30.0 Å². The van der Waals surface area contributed by atoms with E-state index < -0.39 is 5.91 Å². The van der Waals surface area contributed by atoms with Gasteiger partial charge in [-0.3, -0.25) is 14.7 Å². The zero-order valence-electron chi connectivity index (χ0n) is 14.4. The summed E-state index contributed by atoms with van der Waals surface area (Å²) < 4.78 is 0. The lowest BCUT2D eigenvalue weighted by Crippen LogP contribution is -2.39. The van der Waals surface area contributed by atoms with E-state index in [0.29, 0.717) is 18.7 Å². The molecule has 1 saturated heterocycles. The molecule has 3 rings (SSSR count). The number of rotatable bonds is 4. The SMILES string of the molecule is CN(C)c1ccc(C(=O)N2CCCC(c3cc(C(N)=O)n[nH]3)C2)cn1. The van der Waals surface area contributed by atoms with Gasteiger partial charge in [-0.05, 0) is 31.0 Å². The number of H-pyrrole nitrogens is 1. The standard InChI is InChI=1S/C17H22N6O2/c1-22(2)15-6-5-11(9-19-15)17(25)23-7-3-4-12(10-23)13-8-14(16(18)24)21-20-13/h5-6,8-9,12H,3-4,7,10H2,1-2H3,(H2,18,24)(H,20,21). The van der Waals surface area contributed by atoms with Crippen molar-refractivity contribution >= 4 is 17.6 Å². The summed E-state index contributed by atoms with van der Waals surface area (Å²) in [6.07, 6.45) is 3.44. The first-order valence-electron chi connectivity index (χ1n) is 8.23. The molecule has 8 nitrogen and oxygen atoms in total. The summed E-state index contributed by atoms with van der Waals surface area (Å²) in [6.45, 7) is 1.29. The molecule has 0 aromatic carbocycles. The van der Waals surface area contributed by atoms with E-state index in [2.05, 4.69) is 15.2 Å². The van der Waals surface area contributed by atoms with E-state index >= 15 is 0 Å². The second-order valence-corrected chi connectivity index (χ2v) is 6.46. The van der Waals surface area contributed by atoms with Gasteiger partial charge in [0.05, 0.1) is 5.56 Å².